The van der Waals surface area contributed by atoms with E-state index in [4.69, 9.17) is 9.47 Å². The maximum Gasteiger partial charge on any atom is 0.341 e. The lowest BCUT2D eigenvalue weighted by Crippen LogP contribution is -2.30. The summed E-state index contributed by atoms with van der Waals surface area (Å²) in [4.78, 5) is 45.4. The number of nitrogens with zero attached hydrogens (tertiary/aromatic N) is 1. The maximum atomic E-state index is 13.3. The highest BCUT2D eigenvalue weighted by molar-refractivity contribution is 7.20. The first-order valence-electron chi connectivity index (χ1n) is 12.3. The van der Waals surface area contributed by atoms with Crippen LogP contribution in [0.25, 0.3) is 31.9 Å². The zero-order valence-electron chi connectivity index (χ0n) is 21.2. The number of hydrogen-bond donors (Lipinski definition) is 1. The summed E-state index contributed by atoms with van der Waals surface area (Å²) < 4.78 is 10.8. The van der Waals surface area contributed by atoms with Gasteiger partial charge in [-0.15, -0.1) is 22.7 Å². The second-order valence-corrected chi connectivity index (χ2v) is 10.5. The number of nitrogens with one attached hydrogen (secondary N) is 1. The fourth-order valence-corrected chi connectivity index (χ4v) is 5.72. The maximum absolute atomic E-state index is 13.3. The minimum Gasteiger partial charge on any atom is -0.462 e. The fourth-order valence-electron chi connectivity index (χ4n) is 3.97. The molecule has 0 fully saturated rings. The summed E-state index contributed by atoms with van der Waals surface area (Å²) >= 11 is 2.77. The molecule has 2 aromatic carbocycles. The molecule has 0 saturated heterocycles. The van der Waals surface area contributed by atoms with Gasteiger partial charge in [0.05, 0.1) is 33.8 Å². The predicted octanol–water partition coefficient (Wildman–Crippen LogP) is 7.05. The van der Waals surface area contributed by atoms with Gasteiger partial charge < -0.3 is 14.8 Å². The Morgan fingerprint density at radius 2 is 1.67 bits per heavy atom. The van der Waals surface area contributed by atoms with Gasteiger partial charge in [-0.05, 0) is 49.1 Å². The van der Waals surface area contributed by atoms with Crippen LogP contribution in [0.5, 0.6) is 0 Å². The Kier molecular flexibility index (Phi) is 7.81. The van der Waals surface area contributed by atoms with Gasteiger partial charge in [0.1, 0.15) is 5.00 Å². The Balaban J connectivity index is 1.39. The number of ether oxygens (including phenoxy) is 2. The van der Waals surface area contributed by atoms with E-state index in [2.05, 4.69) is 10.3 Å². The van der Waals surface area contributed by atoms with Crippen LogP contribution in [0.15, 0.2) is 84.2 Å². The molecule has 9 heteroatoms. The summed E-state index contributed by atoms with van der Waals surface area (Å²) in [6.45, 7) is 3.41. The van der Waals surface area contributed by atoms with Gasteiger partial charge in [-0.2, -0.15) is 0 Å². The van der Waals surface area contributed by atoms with Gasteiger partial charge in [0.2, 0.25) is 0 Å². The molecule has 0 saturated carbocycles. The first-order valence-corrected chi connectivity index (χ1v) is 14.0. The van der Waals surface area contributed by atoms with Gasteiger partial charge in [-0.1, -0.05) is 54.6 Å². The van der Waals surface area contributed by atoms with Crippen LogP contribution in [0, 0.1) is 0 Å². The Bertz CT molecular complexity index is 1640. The molecule has 3 aromatic heterocycles. The zero-order chi connectivity index (χ0) is 27.4. The molecule has 7 nitrogen and oxygen atoms in total. The van der Waals surface area contributed by atoms with E-state index in [0.717, 1.165) is 15.3 Å². The molecule has 0 aliphatic rings. The zero-order valence-corrected chi connectivity index (χ0v) is 22.8. The van der Waals surface area contributed by atoms with Crippen molar-refractivity contribution in [1.82, 2.24) is 4.98 Å². The Labute approximate surface area is 233 Å². The second-order valence-electron chi connectivity index (χ2n) is 8.53. The molecule has 0 spiro atoms. The van der Waals surface area contributed by atoms with E-state index in [9.17, 15) is 14.4 Å². The van der Waals surface area contributed by atoms with Crippen LogP contribution < -0.4 is 5.32 Å². The SMILES string of the molecule is CCOC(=O)c1cc(-c2ccccc2)sc1NC(=O)[C@@H](C)OC(=O)c1cc(-c2cccs2)nc2ccccc12. The highest BCUT2D eigenvalue weighted by atomic mass is 32.1. The normalized spacial score (nSPS) is 11.6. The topological polar surface area (TPSA) is 94.6 Å². The molecule has 39 heavy (non-hydrogen) atoms. The summed E-state index contributed by atoms with van der Waals surface area (Å²) in [6.07, 6.45) is -1.13. The van der Waals surface area contributed by atoms with Crippen LogP contribution >= 0.6 is 22.7 Å². The Morgan fingerprint density at radius 3 is 2.41 bits per heavy atom. The monoisotopic (exact) mass is 556 g/mol. The van der Waals surface area contributed by atoms with Crippen molar-refractivity contribution in [3.63, 3.8) is 0 Å². The number of carbonyl (C=O) groups is 3. The first-order chi connectivity index (χ1) is 18.9. The molecular formula is C30H24N2O5S2. The van der Waals surface area contributed by atoms with Crippen molar-refractivity contribution in [2.75, 3.05) is 11.9 Å². The number of fused-ring (bicyclic) bond motifs is 1. The van der Waals surface area contributed by atoms with Gasteiger partial charge in [-0.3, -0.25) is 4.79 Å². The number of anilines is 1. The second kappa shape index (κ2) is 11.6. The molecule has 196 valence electrons. The number of para-hydroxylation sites is 1. The lowest BCUT2D eigenvalue weighted by molar-refractivity contribution is -0.123. The van der Waals surface area contributed by atoms with Crippen molar-refractivity contribution in [3.8, 4) is 21.0 Å². The van der Waals surface area contributed by atoms with Crippen LogP contribution in [0.2, 0.25) is 0 Å². The number of pyridine rings is 1. The van der Waals surface area contributed by atoms with Crippen molar-refractivity contribution < 1.29 is 23.9 Å². The summed E-state index contributed by atoms with van der Waals surface area (Å²) in [5.41, 5.74) is 2.77. The number of esters is 2. The number of amides is 1. The molecule has 0 bridgehead atoms. The van der Waals surface area contributed by atoms with Gasteiger partial charge in [0.15, 0.2) is 6.10 Å². The molecule has 5 rings (SSSR count). The van der Waals surface area contributed by atoms with Gasteiger partial charge in [0.25, 0.3) is 5.91 Å². The molecule has 1 atom stereocenters. The Morgan fingerprint density at radius 1 is 0.897 bits per heavy atom. The average molecular weight is 557 g/mol. The van der Waals surface area contributed by atoms with Gasteiger partial charge >= 0.3 is 11.9 Å². The highest BCUT2D eigenvalue weighted by Gasteiger charge is 2.25. The molecule has 3 heterocycles. The van der Waals surface area contributed by atoms with Crippen LogP contribution in [0.4, 0.5) is 5.00 Å². The number of benzene rings is 2. The highest BCUT2D eigenvalue weighted by Crippen LogP contribution is 2.36. The van der Waals surface area contributed by atoms with Crippen LogP contribution in [0.1, 0.15) is 34.6 Å². The molecule has 0 unspecified atom stereocenters. The van der Waals surface area contributed by atoms with Crippen molar-refractivity contribution in [2.24, 2.45) is 0 Å². The molecular weight excluding hydrogens is 532 g/mol. The summed E-state index contributed by atoms with van der Waals surface area (Å²) in [7, 11) is 0. The largest absolute Gasteiger partial charge is 0.462 e. The van der Waals surface area contributed by atoms with E-state index in [1.165, 1.54) is 29.6 Å². The predicted molar refractivity (Wildman–Crippen MR) is 154 cm³/mol. The lowest BCUT2D eigenvalue weighted by atomic mass is 10.1. The number of carbonyl (C=O) groups excluding carboxylic acids is 3. The van der Waals surface area contributed by atoms with Gasteiger partial charge in [0, 0.05) is 10.3 Å². The first kappa shape index (κ1) is 26.3. The number of aromatic nitrogens is 1. The fraction of sp³-hybridized carbons (Fsp3) is 0.133. The van der Waals surface area contributed by atoms with Crippen molar-refractivity contribution in [2.45, 2.75) is 20.0 Å². The van der Waals surface area contributed by atoms with Crippen LogP contribution in [-0.4, -0.2) is 35.5 Å². The third-order valence-electron chi connectivity index (χ3n) is 5.89. The third-order valence-corrected chi connectivity index (χ3v) is 7.88. The number of rotatable bonds is 8. The number of hydrogen-bond acceptors (Lipinski definition) is 8. The van der Waals surface area contributed by atoms with Crippen LogP contribution in [0.3, 0.4) is 0 Å². The van der Waals surface area contributed by atoms with Crippen molar-refractivity contribution in [3.05, 3.63) is 95.4 Å². The molecule has 1 amide bonds. The van der Waals surface area contributed by atoms with Crippen LogP contribution in [-0.2, 0) is 14.3 Å². The molecule has 0 aliphatic heterocycles. The van der Waals surface area contributed by atoms with Crippen molar-refractivity contribution >= 4 is 56.4 Å². The summed E-state index contributed by atoms with van der Waals surface area (Å²) in [5, 5.41) is 5.66. The van der Waals surface area contributed by atoms with E-state index in [0.29, 0.717) is 27.2 Å². The third kappa shape index (κ3) is 5.74. The van der Waals surface area contributed by atoms with E-state index in [1.807, 2.05) is 66.0 Å². The minimum atomic E-state index is -1.13. The molecule has 5 aromatic rings. The lowest BCUT2D eigenvalue weighted by Gasteiger charge is -2.15. The number of thiophene rings is 2. The average Bonchev–Trinajstić information content (AvgIpc) is 3.64. The van der Waals surface area contributed by atoms with E-state index < -0.39 is 23.9 Å². The summed E-state index contributed by atoms with van der Waals surface area (Å²) in [5.74, 6) is -1.75. The smallest absolute Gasteiger partial charge is 0.341 e. The standard InChI is InChI=1S/C30H24N2O5S2/c1-3-36-29(34)22-17-26(19-10-5-4-6-11-19)39-28(22)32-27(33)18(2)37-30(35)21-16-24(25-14-9-15-38-25)31-23-13-8-7-12-20(21)23/h4-18H,3H2,1-2H3,(H,32,33)/t18-/m1/s1. The summed E-state index contributed by atoms with van der Waals surface area (Å²) in [6, 6.07) is 24.0. The Hall–Kier alpha value is -4.34. The van der Waals surface area contributed by atoms with Gasteiger partial charge in [-0.25, -0.2) is 14.6 Å². The molecule has 1 N–H and O–H groups in total. The van der Waals surface area contributed by atoms with Crippen molar-refractivity contribution in [1.29, 1.82) is 0 Å². The van der Waals surface area contributed by atoms with E-state index in [1.54, 1.807) is 25.1 Å². The molecule has 0 aliphatic carbocycles. The van der Waals surface area contributed by atoms with E-state index >= 15 is 0 Å². The quantitative estimate of drug-likeness (QED) is 0.206. The van der Waals surface area contributed by atoms with E-state index in [-0.39, 0.29) is 12.2 Å². The minimum absolute atomic E-state index is 0.199. The molecule has 0 radical (unpaired) electrons.